The number of carbonyl (C=O) groups excluding carboxylic acids is 1. The molecule has 0 saturated heterocycles. The van der Waals surface area contributed by atoms with E-state index >= 15 is 0 Å². The number of rotatable bonds is 9. The highest BCUT2D eigenvalue weighted by molar-refractivity contribution is 7.80. The molecule has 27 heavy (non-hydrogen) atoms. The lowest BCUT2D eigenvalue weighted by Crippen LogP contribution is -2.42. The van der Waals surface area contributed by atoms with E-state index in [1.807, 2.05) is 18.2 Å². The van der Waals surface area contributed by atoms with Gasteiger partial charge in [-0.1, -0.05) is 42.5 Å². The van der Waals surface area contributed by atoms with E-state index < -0.39 is 0 Å². The van der Waals surface area contributed by atoms with Gasteiger partial charge in [-0.2, -0.15) is 0 Å². The second-order valence-corrected chi connectivity index (χ2v) is 6.24. The summed E-state index contributed by atoms with van der Waals surface area (Å²) in [7, 11) is 0. The largest absolute Gasteiger partial charge is 0.493 e. The van der Waals surface area contributed by atoms with Gasteiger partial charge in [-0.3, -0.25) is 10.1 Å². The van der Waals surface area contributed by atoms with Crippen LogP contribution in [0.2, 0.25) is 0 Å². The van der Waals surface area contributed by atoms with Crippen molar-refractivity contribution in [3.05, 3.63) is 91.0 Å². The fraction of sp³-hybridized carbons (Fsp3) is 0.182. The van der Waals surface area contributed by atoms with Crippen molar-refractivity contribution in [3.8, 4) is 5.75 Å². The molecule has 2 aromatic carbocycles. The van der Waals surface area contributed by atoms with E-state index in [0.29, 0.717) is 30.4 Å². The highest BCUT2D eigenvalue weighted by atomic mass is 32.1. The first-order valence-corrected chi connectivity index (χ1v) is 9.13. The number of carbonyl (C=O) groups is 1. The zero-order chi connectivity index (χ0) is 19.5. The highest BCUT2D eigenvalue weighted by Gasteiger charge is 2.12. The molecule has 2 rings (SSSR count). The number of benzene rings is 2. The third-order valence-corrected chi connectivity index (χ3v) is 4.19. The second-order valence-electron chi connectivity index (χ2n) is 5.85. The van der Waals surface area contributed by atoms with Crippen LogP contribution >= 0.6 is 12.2 Å². The summed E-state index contributed by atoms with van der Waals surface area (Å²) in [6.07, 6.45) is 4.28. The predicted molar refractivity (Wildman–Crippen MR) is 114 cm³/mol. The van der Waals surface area contributed by atoms with Gasteiger partial charge in [0.1, 0.15) is 5.75 Å². The topological polar surface area (TPSA) is 41.6 Å². The third kappa shape index (κ3) is 6.72. The molecule has 2 aromatic rings. The Bertz CT molecular complexity index is 763. The molecule has 140 valence electrons. The van der Waals surface area contributed by atoms with Crippen LogP contribution in [0.5, 0.6) is 5.75 Å². The van der Waals surface area contributed by atoms with Gasteiger partial charge in [0.25, 0.3) is 5.91 Å². The number of ether oxygens (including phenoxy) is 1. The summed E-state index contributed by atoms with van der Waals surface area (Å²) in [5, 5.41) is 3.08. The Balaban J connectivity index is 1.86. The maximum Gasteiger partial charge on any atom is 0.257 e. The van der Waals surface area contributed by atoms with E-state index in [4.69, 9.17) is 17.0 Å². The Hall–Kier alpha value is -2.92. The van der Waals surface area contributed by atoms with Gasteiger partial charge < -0.3 is 9.64 Å². The Morgan fingerprint density at radius 2 is 1.67 bits per heavy atom. The van der Waals surface area contributed by atoms with Crippen LogP contribution in [0.15, 0.2) is 79.9 Å². The van der Waals surface area contributed by atoms with Crippen molar-refractivity contribution in [2.45, 2.75) is 6.42 Å². The number of hydrogen-bond donors (Lipinski definition) is 1. The van der Waals surface area contributed by atoms with E-state index in [1.54, 1.807) is 41.3 Å². The zero-order valence-corrected chi connectivity index (χ0v) is 16.1. The molecule has 1 N–H and O–H groups in total. The van der Waals surface area contributed by atoms with Gasteiger partial charge in [0.05, 0.1) is 6.61 Å². The molecular weight excluding hydrogens is 356 g/mol. The van der Waals surface area contributed by atoms with Gasteiger partial charge in [-0.05, 0) is 42.0 Å². The fourth-order valence-corrected chi connectivity index (χ4v) is 2.68. The van der Waals surface area contributed by atoms with Crippen LogP contribution < -0.4 is 10.1 Å². The number of nitrogens with one attached hydrogen (secondary N) is 1. The Morgan fingerprint density at radius 3 is 2.26 bits per heavy atom. The van der Waals surface area contributed by atoms with Gasteiger partial charge in [0, 0.05) is 25.1 Å². The second kappa shape index (κ2) is 10.9. The monoisotopic (exact) mass is 380 g/mol. The molecule has 0 aromatic heterocycles. The van der Waals surface area contributed by atoms with E-state index in [-0.39, 0.29) is 5.91 Å². The molecule has 0 atom stereocenters. The SMILES string of the molecule is C=CCN(CC=C)C(=S)NC(=O)c1ccc(OCCc2ccccc2)cc1. The van der Waals surface area contributed by atoms with Crippen LogP contribution in [0.3, 0.4) is 0 Å². The number of nitrogens with zero attached hydrogens (tertiary/aromatic N) is 1. The minimum absolute atomic E-state index is 0.256. The molecule has 0 heterocycles. The number of hydrogen-bond acceptors (Lipinski definition) is 3. The summed E-state index contributed by atoms with van der Waals surface area (Å²) < 4.78 is 5.74. The molecule has 0 radical (unpaired) electrons. The van der Waals surface area contributed by atoms with Crippen LogP contribution in [0.25, 0.3) is 0 Å². The summed E-state index contributed by atoms with van der Waals surface area (Å²) in [5.41, 5.74) is 1.75. The molecule has 0 aliphatic rings. The molecule has 0 saturated carbocycles. The smallest absolute Gasteiger partial charge is 0.257 e. The fourth-order valence-electron chi connectivity index (χ4n) is 2.43. The molecule has 5 heteroatoms. The average Bonchev–Trinajstić information content (AvgIpc) is 2.69. The summed E-state index contributed by atoms with van der Waals surface area (Å²) in [5.74, 6) is 0.471. The van der Waals surface area contributed by atoms with Crippen molar-refractivity contribution in [1.82, 2.24) is 10.2 Å². The average molecular weight is 381 g/mol. The molecule has 0 spiro atoms. The maximum absolute atomic E-state index is 12.4. The zero-order valence-electron chi connectivity index (χ0n) is 15.3. The van der Waals surface area contributed by atoms with Crippen molar-refractivity contribution in [2.75, 3.05) is 19.7 Å². The highest BCUT2D eigenvalue weighted by Crippen LogP contribution is 2.13. The van der Waals surface area contributed by atoms with Crippen molar-refractivity contribution < 1.29 is 9.53 Å². The van der Waals surface area contributed by atoms with Crippen molar-refractivity contribution >= 4 is 23.2 Å². The van der Waals surface area contributed by atoms with Crippen LogP contribution in [0.1, 0.15) is 15.9 Å². The van der Waals surface area contributed by atoms with Gasteiger partial charge in [-0.25, -0.2) is 0 Å². The van der Waals surface area contributed by atoms with E-state index in [2.05, 4.69) is 30.6 Å². The van der Waals surface area contributed by atoms with E-state index in [9.17, 15) is 4.79 Å². The molecule has 1 amide bonds. The van der Waals surface area contributed by atoms with Crippen molar-refractivity contribution in [2.24, 2.45) is 0 Å². The summed E-state index contributed by atoms with van der Waals surface area (Å²) >= 11 is 5.29. The standard InChI is InChI=1S/C22H24N2O2S/c1-3-15-24(16-4-2)22(27)23-21(25)19-10-12-20(13-11-19)26-17-14-18-8-6-5-7-9-18/h3-13H,1-2,14-17H2,(H,23,25,27). The van der Waals surface area contributed by atoms with Gasteiger partial charge in [0.2, 0.25) is 0 Å². The summed E-state index contributed by atoms with van der Waals surface area (Å²) in [6, 6.07) is 17.2. The first-order valence-electron chi connectivity index (χ1n) is 8.73. The third-order valence-electron chi connectivity index (χ3n) is 3.83. The van der Waals surface area contributed by atoms with Gasteiger partial charge in [0.15, 0.2) is 5.11 Å². The maximum atomic E-state index is 12.4. The molecule has 0 unspecified atom stereocenters. The molecular formula is C22H24N2O2S. The van der Waals surface area contributed by atoms with Gasteiger partial charge in [-0.15, -0.1) is 13.2 Å². The quantitative estimate of drug-likeness (QED) is 0.527. The summed E-state index contributed by atoms with van der Waals surface area (Å²) in [4.78, 5) is 14.2. The molecule has 0 aliphatic carbocycles. The Kier molecular flexibility index (Phi) is 8.26. The van der Waals surface area contributed by atoms with Crippen LogP contribution in [0.4, 0.5) is 0 Å². The lowest BCUT2D eigenvalue weighted by atomic mass is 10.2. The van der Waals surface area contributed by atoms with Gasteiger partial charge >= 0.3 is 0 Å². The van der Waals surface area contributed by atoms with E-state index in [1.165, 1.54) is 5.56 Å². The normalized spacial score (nSPS) is 9.93. The first-order chi connectivity index (χ1) is 13.1. The van der Waals surface area contributed by atoms with E-state index in [0.717, 1.165) is 12.2 Å². The van der Waals surface area contributed by atoms with Crippen molar-refractivity contribution in [1.29, 1.82) is 0 Å². The number of amides is 1. The first kappa shape index (κ1) is 20.4. The van der Waals surface area contributed by atoms with Crippen LogP contribution in [-0.2, 0) is 6.42 Å². The van der Waals surface area contributed by atoms with Crippen LogP contribution in [0, 0.1) is 0 Å². The lowest BCUT2D eigenvalue weighted by molar-refractivity contribution is 0.0974. The Morgan fingerprint density at radius 1 is 1.04 bits per heavy atom. The summed E-state index contributed by atoms with van der Waals surface area (Å²) in [6.45, 7) is 9.05. The molecule has 0 fully saturated rings. The minimum Gasteiger partial charge on any atom is -0.493 e. The minimum atomic E-state index is -0.256. The van der Waals surface area contributed by atoms with Crippen LogP contribution in [-0.4, -0.2) is 35.6 Å². The van der Waals surface area contributed by atoms with Crippen molar-refractivity contribution in [3.63, 3.8) is 0 Å². The molecule has 0 bridgehead atoms. The number of thiocarbonyl (C=S) groups is 1. The molecule has 4 nitrogen and oxygen atoms in total. The Labute approximate surface area is 166 Å². The lowest BCUT2D eigenvalue weighted by Gasteiger charge is -2.22. The molecule has 0 aliphatic heterocycles. The predicted octanol–water partition coefficient (Wildman–Crippen LogP) is 4.00.